The molecular weight excluding hydrogens is 929 g/mol. The average Bonchev–Trinajstić information content (AvgIpc) is 3.34. The van der Waals surface area contributed by atoms with Gasteiger partial charge in [0, 0.05) is 0 Å². The zero-order valence-corrected chi connectivity index (χ0v) is 38.7. The van der Waals surface area contributed by atoms with E-state index in [9.17, 15) is 15.0 Å². The Morgan fingerprint density at radius 2 is 1.18 bits per heavy atom. The Labute approximate surface area is 407 Å². The van der Waals surface area contributed by atoms with E-state index in [-0.39, 0.29) is 45.1 Å². The van der Waals surface area contributed by atoms with Gasteiger partial charge in [0.1, 0.15) is 66.9 Å². The molecule has 358 valence electrons. The quantitative estimate of drug-likeness (QED) is 0.0615. The fourth-order valence-electron chi connectivity index (χ4n) is 7.52. The number of benzene rings is 5. The molecule has 14 nitrogen and oxygen atoms in total. The molecule has 1 unspecified atom stereocenters. The van der Waals surface area contributed by atoms with Crippen LogP contribution in [-0.2, 0) is 64.3 Å². The number of hydrogen-bond acceptors (Lipinski definition) is 13. The number of alkyl carbamates (subject to hydrolysis) is 1. The molecule has 0 aliphatic carbocycles. The predicted molar refractivity (Wildman–Crippen MR) is 249 cm³/mol. The monoisotopic (exact) mass is 983 g/mol. The summed E-state index contributed by atoms with van der Waals surface area (Å²) in [5.41, 5.74) is 2.92. The summed E-state index contributed by atoms with van der Waals surface area (Å²) in [6.07, 6.45) is -12.4. The molecule has 0 spiro atoms. The van der Waals surface area contributed by atoms with E-state index in [0.29, 0.717) is 22.6 Å². The summed E-state index contributed by atoms with van der Waals surface area (Å²) in [5.74, 6) is 0.902. The van der Waals surface area contributed by atoms with Gasteiger partial charge < -0.3 is 62.9 Å². The first-order valence-corrected chi connectivity index (χ1v) is 22.7. The summed E-state index contributed by atoms with van der Waals surface area (Å²) in [4.78, 5) is 13.7. The van der Waals surface area contributed by atoms with E-state index in [1.54, 1.807) is 72.8 Å². The molecule has 0 radical (unpaired) electrons. The predicted octanol–water partition coefficient (Wildman–Crippen LogP) is 7.70. The Hall–Kier alpha value is -4.52. The standard InChI is InChI=1S/C50H54Cl3NO13/c1-58-37-22-24-38(25-23-37)64-47-41(54-49(57)63-32-50(51,52)53)45(61-29-35-18-10-4-11-19-35)44(40(66-47)31-59-27-33-14-6-2-7-15-33)67-48-46(62-30-36-20-12-5-13-21-36)42(56)43(39(26-55)65-48)60-28-34-16-8-3-9-17-34/h2-25,39-48,55-56H,26-32H2,1H3,(H,54,57)/t39-,40-,41-,42+,43-,44-,45-,46+,47-,48?/m1/s1/i8D,12D. The van der Waals surface area contributed by atoms with Crippen LogP contribution in [0.4, 0.5) is 4.79 Å². The van der Waals surface area contributed by atoms with Crippen LogP contribution in [0.25, 0.3) is 0 Å². The van der Waals surface area contributed by atoms with Crippen molar-refractivity contribution in [3.63, 3.8) is 0 Å². The number of aliphatic hydroxyl groups is 2. The Balaban J connectivity index is 1.27. The van der Waals surface area contributed by atoms with Gasteiger partial charge >= 0.3 is 6.09 Å². The van der Waals surface area contributed by atoms with Crippen LogP contribution in [0.2, 0.25) is 0 Å². The first-order chi connectivity index (χ1) is 33.3. The third-order valence-corrected chi connectivity index (χ3v) is 11.1. The van der Waals surface area contributed by atoms with Gasteiger partial charge in [0.15, 0.2) is 6.29 Å². The second kappa shape index (κ2) is 25.2. The van der Waals surface area contributed by atoms with Gasteiger partial charge in [-0.3, -0.25) is 0 Å². The summed E-state index contributed by atoms with van der Waals surface area (Å²) in [6.45, 7) is -1.30. The third kappa shape index (κ3) is 15.0. The van der Waals surface area contributed by atoms with Crippen LogP contribution in [-0.4, -0.2) is 108 Å². The second-order valence-corrected chi connectivity index (χ2v) is 18.2. The van der Waals surface area contributed by atoms with E-state index >= 15 is 0 Å². The van der Waals surface area contributed by atoms with Crippen LogP contribution in [0.1, 0.15) is 25.0 Å². The number of carbonyl (C=O) groups excluding carboxylic acids is 1. The third-order valence-electron chi connectivity index (χ3n) is 10.8. The van der Waals surface area contributed by atoms with Crippen LogP contribution in [0.3, 0.4) is 0 Å². The highest BCUT2D eigenvalue weighted by atomic mass is 35.6. The molecule has 5 aromatic carbocycles. The van der Waals surface area contributed by atoms with Crippen molar-refractivity contribution >= 4 is 40.9 Å². The number of ether oxygens (including phenoxy) is 10. The smallest absolute Gasteiger partial charge is 0.407 e. The number of methoxy groups -OCH3 is 1. The molecule has 2 fully saturated rings. The molecule has 7 rings (SSSR count). The number of rotatable bonds is 21. The Kier molecular flexibility index (Phi) is 17.9. The lowest BCUT2D eigenvalue weighted by Gasteiger charge is -2.49. The van der Waals surface area contributed by atoms with Crippen molar-refractivity contribution in [3.05, 3.63) is 168 Å². The maximum absolute atomic E-state index is 13.7. The molecule has 1 amide bonds. The van der Waals surface area contributed by atoms with Gasteiger partial charge in [-0.1, -0.05) is 156 Å². The number of halogens is 3. The van der Waals surface area contributed by atoms with E-state index in [4.69, 9.17) is 84.9 Å². The van der Waals surface area contributed by atoms with E-state index in [1.807, 2.05) is 60.7 Å². The zero-order chi connectivity index (χ0) is 48.8. The van der Waals surface area contributed by atoms with Crippen molar-refractivity contribution in [1.82, 2.24) is 5.32 Å². The van der Waals surface area contributed by atoms with Crippen molar-refractivity contribution < 1.29 is 65.1 Å². The van der Waals surface area contributed by atoms with Gasteiger partial charge in [0.05, 0.1) is 49.5 Å². The fraction of sp³-hybridized carbons (Fsp3) is 0.380. The maximum Gasteiger partial charge on any atom is 0.407 e. The lowest BCUT2D eigenvalue weighted by molar-refractivity contribution is -0.357. The van der Waals surface area contributed by atoms with Crippen LogP contribution >= 0.6 is 34.8 Å². The number of carbonyl (C=O) groups is 1. The van der Waals surface area contributed by atoms with Crippen molar-refractivity contribution in [3.8, 4) is 11.5 Å². The molecule has 0 bridgehead atoms. The lowest BCUT2D eigenvalue weighted by atomic mass is 9.95. The van der Waals surface area contributed by atoms with Crippen LogP contribution < -0.4 is 14.8 Å². The molecule has 10 atom stereocenters. The normalized spacial score (nSPS) is 25.6. The van der Waals surface area contributed by atoms with Crippen molar-refractivity contribution in [2.45, 2.75) is 91.6 Å². The average molecular weight is 985 g/mol. The van der Waals surface area contributed by atoms with E-state index < -0.39 is 84.4 Å². The largest absolute Gasteiger partial charge is 0.497 e. The lowest BCUT2D eigenvalue weighted by Crippen LogP contribution is -2.69. The summed E-state index contributed by atoms with van der Waals surface area (Å²) in [5, 5.41) is 25.9. The van der Waals surface area contributed by atoms with Crippen LogP contribution in [0, 0.1) is 0 Å². The molecular formula is C50H54Cl3NO13. The highest BCUT2D eigenvalue weighted by Gasteiger charge is 2.54. The summed E-state index contributed by atoms with van der Waals surface area (Å²) >= 11 is 17.9. The number of alkyl halides is 3. The molecule has 2 aliphatic rings. The van der Waals surface area contributed by atoms with Crippen LogP contribution in [0.5, 0.6) is 11.5 Å². The zero-order valence-electron chi connectivity index (χ0n) is 38.4. The molecule has 0 aromatic heterocycles. The highest BCUT2D eigenvalue weighted by Crippen LogP contribution is 2.35. The molecule has 0 saturated carbocycles. The van der Waals surface area contributed by atoms with Gasteiger partial charge in [0.25, 0.3) is 0 Å². The Morgan fingerprint density at radius 1 is 0.657 bits per heavy atom. The molecule has 3 N–H and O–H groups in total. The molecule has 67 heavy (non-hydrogen) atoms. The van der Waals surface area contributed by atoms with Crippen molar-refractivity contribution in [2.24, 2.45) is 0 Å². The van der Waals surface area contributed by atoms with Crippen molar-refractivity contribution in [2.75, 3.05) is 26.9 Å². The molecule has 2 saturated heterocycles. The molecule has 2 aliphatic heterocycles. The minimum absolute atomic E-state index is 0.00810. The number of nitrogens with one attached hydrogen (secondary N) is 1. The summed E-state index contributed by atoms with van der Waals surface area (Å²) < 4.78 is 77.6. The van der Waals surface area contributed by atoms with Crippen LogP contribution in [0.15, 0.2) is 146 Å². The molecule has 5 aromatic rings. The summed E-state index contributed by atoms with van der Waals surface area (Å²) in [7, 11) is 1.53. The maximum atomic E-state index is 13.7. The van der Waals surface area contributed by atoms with Gasteiger partial charge in [-0.05, 0) is 46.5 Å². The SMILES string of the molecule is [2H]c1cccc(CO[C@H]2[C@H](O)[C@H](OCc3cccc([2H])c3)C(O[C@H]3[C@H](OCc4ccccc4)[C@@H](NC(=O)OCC(Cl)(Cl)Cl)[C@H](Oc4ccc(OC)cc4)O[C@@H]3COCc3ccccc3)O[C@@H]2CO)c1. The number of aliphatic hydroxyl groups excluding tert-OH is 2. The topological polar surface area (TPSA) is 162 Å². The first kappa shape index (κ1) is 47.5. The van der Waals surface area contributed by atoms with Gasteiger partial charge in [-0.25, -0.2) is 4.79 Å². The Morgan fingerprint density at radius 3 is 1.75 bits per heavy atom. The first-order valence-electron chi connectivity index (χ1n) is 22.5. The van der Waals surface area contributed by atoms with E-state index in [0.717, 1.165) is 11.1 Å². The van der Waals surface area contributed by atoms with E-state index in [2.05, 4.69) is 5.32 Å². The van der Waals surface area contributed by atoms with E-state index in [1.165, 1.54) is 7.11 Å². The summed E-state index contributed by atoms with van der Waals surface area (Å²) in [6, 6.07) is 38.2. The van der Waals surface area contributed by atoms with Gasteiger partial charge in [-0.2, -0.15) is 0 Å². The fourth-order valence-corrected chi connectivity index (χ4v) is 7.68. The molecule has 17 heteroatoms. The van der Waals surface area contributed by atoms with Gasteiger partial charge in [0.2, 0.25) is 10.1 Å². The highest BCUT2D eigenvalue weighted by molar-refractivity contribution is 6.67. The second-order valence-electron chi connectivity index (χ2n) is 15.7. The number of amides is 1. The minimum Gasteiger partial charge on any atom is -0.497 e. The Bertz CT molecular complexity index is 2340. The number of hydrogen-bond donors (Lipinski definition) is 3. The van der Waals surface area contributed by atoms with Crippen molar-refractivity contribution in [1.29, 1.82) is 0 Å². The van der Waals surface area contributed by atoms with Gasteiger partial charge in [-0.15, -0.1) is 0 Å². The minimum atomic E-state index is -1.94. The molecule has 2 heterocycles.